The summed E-state index contributed by atoms with van der Waals surface area (Å²) in [6, 6.07) is 7.98. The summed E-state index contributed by atoms with van der Waals surface area (Å²) < 4.78 is 29.1. The third-order valence-corrected chi connectivity index (χ3v) is 4.54. The van der Waals surface area contributed by atoms with E-state index in [1.54, 1.807) is 18.2 Å². The molecule has 1 aliphatic heterocycles. The molecule has 1 amide bonds. The molecule has 0 saturated carbocycles. The monoisotopic (exact) mass is 378 g/mol. The van der Waals surface area contributed by atoms with E-state index in [1.165, 1.54) is 31.4 Å². The molecule has 2 N–H and O–H groups in total. The molecular weight excluding hydrogens is 354 g/mol. The number of halogens is 2. The Hall–Kier alpha value is -2.48. The first-order valence-electron chi connectivity index (χ1n) is 9.23. The Morgan fingerprint density at radius 2 is 2.07 bits per heavy atom. The average molecular weight is 378 g/mol. The maximum absolute atomic E-state index is 12.3. The van der Waals surface area contributed by atoms with Gasteiger partial charge in [-0.05, 0) is 51.0 Å². The maximum Gasteiger partial charge on any atom is 0.387 e. The summed E-state index contributed by atoms with van der Waals surface area (Å²) in [6.45, 7) is 0.315. The van der Waals surface area contributed by atoms with Gasteiger partial charge in [-0.15, -0.1) is 0 Å². The fourth-order valence-electron chi connectivity index (χ4n) is 3.23. The number of anilines is 1. The number of carbonyl (C=O) groups is 1. The Balaban J connectivity index is 1.49. The number of carbonyl (C=O) groups excluding carboxylic acids is 1. The Labute approximate surface area is 156 Å². The van der Waals surface area contributed by atoms with Gasteiger partial charge in [0.05, 0.1) is 5.69 Å². The second kappa shape index (κ2) is 9.45. The summed E-state index contributed by atoms with van der Waals surface area (Å²) in [5, 5.41) is 9.63. The first-order chi connectivity index (χ1) is 13.1. The van der Waals surface area contributed by atoms with E-state index in [4.69, 9.17) is 0 Å². The van der Waals surface area contributed by atoms with Crippen molar-refractivity contribution in [3.8, 4) is 17.0 Å². The first-order valence-corrected chi connectivity index (χ1v) is 9.23. The number of piperidine rings is 1. The third kappa shape index (κ3) is 6.02. The van der Waals surface area contributed by atoms with Crippen molar-refractivity contribution < 1.29 is 18.3 Å². The van der Waals surface area contributed by atoms with Crippen LogP contribution in [0, 0.1) is 0 Å². The molecule has 0 aliphatic carbocycles. The molecule has 1 fully saturated rings. The highest BCUT2D eigenvalue weighted by molar-refractivity contribution is 5.90. The Morgan fingerprint density at radius 3 is 2.85 bits per heavy atom. The number of nitrogens with zero attached hydrogens (tertiary/aromatic N) is 2. The van der Waals surface area contributed by atoms with Crippen LogP contribution in [-0.2, 0) is 4.79 Å². The quantitative estimate of drug-likeness (QED) is 0.731. The smallest absolute Gasteiger partial charge is 0.387 e. The van der Waals surface area contributed by atoms with Gasteiger partial charge in [-0.25, -0.2) is 0 Å². The largest absolute Gasteiger partial charge is 0.435 e. The minimum absolute atomic E-state index is 0.0698. The van der Waals surface area contributed by atoms with Gasteiger partial charge >= 0.3 is 6.61 Å². The van der Waals surface area contributed by atoms with Crippen LogP contribution in [0.15, 0.2) is 30.3 Å². The number of ether oxygens (including phenoxy) is 1. The SMILES string of the molecule is O=C(CCCN1CCCCC1)Nc1cc(-c2cccc(OC(F)F)c2)[nH]n1. The number of alkyl halides is 2. The van der Waals surface area contributed by atoms with Crippen molar-refractivity contribution in [1.82, 2.24) is 15.1 Å². The molecule has 0 atom stereocenters. The van der Waals surface area contributed by atoms with Crippen molar-refractivity contribution in [2.24, 2.45) is 0 Å². The molecule has 3 rings (SSSR count). The number of rotatable bonds is 8. The molecule has 0 unspecified atom stereocenters. The molecule has 2 heterocycles. The summed E-state index contributed by atoms with van der Waals surface area (Å²) >= 11 is 0. The van der Waals surface area contributed by atoms with Crippen LogP contribution in [0.4, 0.5) is 14.6 Å². The fourth-order valence-corrected chi connectivity index (χ4v) is 3.23. The molecule has 1 aromatic heterocycles. The zero-order chi connectivity index (χ0) is 19.1. The van der Waals surface area contributed by atoms with E-state index in [9.17, 15) is 13.6 Å². The molecule has 0 bridgehead atoms. The number of hydrogen-bond acceptors (Lipinski definition) is 4. The highest BCUT2D eigenvalue weighted by Gasteiger charge is 2.12. The highest BCUT2D eigenvalue weighted by Crippen LogP contribution is 2.25. The van der Waals surface area contributed by atoms with Crippen LogP contribution in [0.1, 0.15) is 32.1 Å². The fraction of sp³-hybridized carbons (Fsp3) is 0.474. The van der Waals surface area contributed by atoms with E-state index in [1.807, 2.05) is 0 Å². The van der Waals surface area contributed by atoms with Crippen molar-refractivity contribution in [3.05, 3.63) is 30.3 Å². The van der Waals surface area contributed by atoms with E-state index in [0.717, 1.165) is 26.1 Å². The van der Waals surface area contributed by atoms with E-state index in [0.29, 0.717) is 23.5 Å². The molecule has 8 heteroatoms. The number of benzene rings is 1. The summed E-state index contributed by atoms with van der Waals surface area (Å²) in [6.07, 6.45) is 5.04. The number of aromatic amines is 1. The summed E-state index contributed by atoms with van der Waals surface area (Å²) in [5.74, 6) is 0.397. The standard InChI is InChI=1S/C19H24F2N4O2/c20-19(21)27-15-7-4-6-14(12-15)16-13-17(24-23-16)22-18(26)8-5-11-25-9-2-1-3-10-25/h4,6-7,12-13,19H,1-3,5,8-11H2,(H2,22,23,24,26). The molecule has 1 aromatic carbocycles. The number of likely N-dealkylation sites (tertiary alicyclic amines) is 1. The Morgan fingerprint density at radius 1 is 1.26 bits per heavy atom. The molecular formula is C19H24F2N4O2. The summed E-state index contributed by atoms with van der Waals surface area (Å²) in [5.41, 5.74) is 1.25. The van der Waals surface area contributed by atoms with Crippen LogP contribution in [0.3, 0.4) is 0 Å². The second-order valence-corrected chi connectivity index (χ2v) is 6.63. The van der Waals surface area contributed by atoms with Gasteiger partial charge < -0.3 is 15.0 Å². The third-order valence-electron chi connectivity index (χ3n) is 4.54. The van der Waals surface area contributed by atoms with Crippen LogP contribution < -0.4 is 10.1 Å². The lowest BCUT2D eigenvalue weighted by Gasteiger charge is -2.26. The lowest BCUT2D eigenvalue weighted by Crippen LogP contribution is -2.31. The van der Waals surface area contributed by atoms with Gasteiger partial charge in [-0.1, -0.05) is 18.6 Å². The van der Waals surface area contributed by atoms with Gasteiger partial charge in [-0.3, -0.25) is 9.89 Å². The average Bonchev–Trinajstić information content (AvgIpc) is 3.11. The second-order valence-electron chi connectivity index (χ2n) is 6.63. The van der Waals surface area contributed by atoms with Gasteiger partial charge in [0.15, 0.2) is 5.82 Å². The van der Waals surface area contributed by atoms with Crippen molar-refractivity contribution in [1.29, 1.82) is 0 Å². The minimum atomic E-state index is -2.87. The van der Waals surface area contributed by atoms with E-state index >= 15 is 0 Å². The lowest BCUT2D eigenvalue weighted by molar-refractivity contribution is -0.116. The summed E-state index contributed by atoms with van der Waals surface area (Å²) in [7, 11) is 0. The first kappa shape index (κ1) is 19.3. The van der Waals surface area contributed by atoms with Gasteiger partial charge in [0, 0.05) is 18.1 Å². The van der Waals surface area contributed by atoms with Crippen LogP contribution in [0.5, 0.6) is 5.75 Å². The zero-order valence-corrected chi connectivity index (χ0v) is 15.1. The van der Waals surface area contributed by atoms with Crippen LogP contribution in [-0.4, -0.2) is 47.3 Å². The predicted octanol–water partition coefficient (Wildman–Crippen LogP) is 3.88. The lowest BCUT2D eigenvalue weighted by atomic mass is 10.1. The summed E-state index contributed by atoms with van der Waals surface area (Å²) in [4.78, 5) is 14.5. The predicted molar refractivity (Wildman–Crippen MR) is 98.8 cm³/mol. The van der Waals surface area contributed by atoms with Crippen LogP contribution >= 0.6 is 0 Å². The Bertz CT molecular complexity index is 745. The van der Waals surface area contributed by atoms with Crippen LogP contribution in [0.25, 0.3) is 11.3 Å². The van der Waals surface area contributed by atoms with Gasteiger partial charge in [0.1, 0.15) is 5.75 Å². The van der Waals surface area contributed by atoms with Gasteiger partial charge in [-0.2, -0.15) is 13.9 Å². The molecule has 6 nitrogen and oxygen atoms in total. The van der Waals surface area contributed by atoms with E-state index in [-0.39, 0.29) is 11.7 Å². The number of H-pyrrole nitrogens is 1. The molecule has 2 aromatic rings. The molecule has 27 heavy (non-hydrogen) atoms. The van der Waals surface area contributed by atoms with Crippen LogP contribution in [0.2, 0.25) is 0 Å². The minimum Gasteiger partial charge on any atom is -0.435 e. The Kier molecular flexibility index (Phi) is 6.75. The molecule has 1 saturated heterocycles. The number of aromatic nitrogens is 2. The van der Waals surface area contributed by atoms with Crippen molar-refractivity contribution >= 4 is 11.7 Å². The topological polar surface area (TPSA) is 70.2 Å². The van der Waals surface area contributed by atoms with Gasteiger partial charge in [0.2, 0.25) is 5.91 Å². The number of hydrogen-bond donors (Lipinski definition) is 2. The van der Waals surface area contributed by atoms with E-state index in [2.05, 4.69) is 25.2 Å². The maximum atomic E-state index is 12.3. The normalized spacial score (nSPS) is 15.1. The van der Waals surface area contributed by atoms with E-state index < -0.39 is 6.61 Å². The van der Waals surface area contributed by atoms with Crippen molar-refractivity contribution in [3.63, 3.8) is 0 Å². The number of nitrogens with one attached hydrogen (secondary N) is 2. The van der Waals surface area contributed by atoms with Crippen molar-refractivity contribution in [2.45, 2.75) is 38.7 Å². The molecule has 1 aliphatic rings. The number of amides is 1. The highest BCUT2D eigenvalue weighted by atomic mass is 19.3. The van der Waals surface area contributed by atoms with Crippen molar-refractivity contribution in [2.75, 3.05) is 25.0 Å². The van der Waals surface area contributed by atoms with Gasteiger partial charge in [0.25, 0.3) is 0 Å². The molecule has 146 valence electrons. The zero-order valence-electron chi connectivity index (χ0n) is 15.1. The molecule has 0 spiro atoms. The molecule has 0 radical (unpaired) electrons.